The Morgan fingerprint density at radius 1 is 1.23 bits per heavy atom. The number of rotatable bonds is 7. The Hall–Kier alpha value is -3.15. The van der Waals surface area contributed by atoms with Crippen molar-refractivity contribution in [2.45, 2.75) is 52.7 Å². The SMILES string of the molecule is CCCCN1C(=O)C(=O)/C(=C(\O)c2ccc(OC(C)C)c(C)c2)C1c1ccccn1. The van der Waals surface area contributed by atoms with E-state index < -0.39 is 17.7 Å². The molecule has 0 saturated carbocycles. The van der Waals surface area contributed by atoms with Gasteiger partial charge in [0, 0.05) is 18.3 Å². The fourth-order valence-electron chi connectivity index (χ4n) is 3.62. The lowest BCUT2D eigenvalue weighted by molar-refractivity contribution is -0.140. The summed E-state index contributed by atoms with van der Waals surface area (Å²) in [5.41, 5.74) is 1.94. The molecule has 0 bridgehead atoms. The summed E-state index contributed by atoms with van der Waals surface area (Å²) >= 11 is 0. The van der Waals surface area contributed by atoms with Gasteiger partial charge in [-0.3, -0.25) is 14.6 Å². The van der Waals surface area contributed by atoms with E-state index in [1.165, 1.54) is 4.90 Å². The highest BCUT2D eigenvalue weighted by Crippen LogP contribution is 2.39. The molecule has 1 amide bonds. The number of nitrogens with zero attached hydrogens (tertiary/aromatic N) is 2. The quantitative estimate of drug-likeness (QED) is 0.417. The molecule has 0 aliphatic carbocycles. The maximum absolute atomic E-state index is 12.9. The molecule has 1 aliphatic heterocycles. The Kier molecular flexibility index (Phi) is 6.55. The molecule has 1 saturated heterocycles. The first-order valence-electron chi connectivity index (χ1n) is 10.3. The van der Waals surface area contributed by atoms with Crippen LogP contribution in [0.2, 0.25) is 0 Å². The Balaban J connectivity index is 2.10. The van der Waals surface area contributed by atoms with Gasteiger partial charge in [0.15, 0.2) is 0 Å². The number of ketones is 1. The van der Waals surface area contributed by atoms with Gasteiger partial charge in [-0.1, -0.05) is 19.4 Å². The maximum Gasteiger partial charge on any atom is 0.295 e. The molecule has 6 nitrogen and oxygen atoms in total. The largest absolute Gasteiger partial charge is 0.507 e. The predicted octanol–water partition coefficient (Wildman–Crippen LogP) is 4.40. The number of hydrogen-bond acceptors (Lipinski definition) is 5. The summed E-state index contributed by atoms with van der Waals surface area (Å²) in [6.07, 6.45) is 3.29. The van der Waals surface area contributed by atoms with E-state index in [9.17, 15) is 14.7 Å². The molecule has 1 N–H and O–H groups in total. The topological polar surface area (TPSA) is 79.7 Å². The Morgan fingerprint density at radius 3 is 2.60 bits per heavy atom. The fraction of sp³-hybridized carbons (Fsp3) is 0.375. The molecular formula is C24H28N2O4. The number of amides is 1. The van der Waals surface area contributed by atoms with E-state index in [1.54, 1.807) is 36.5 Å². The number of likely N-dealkylation sites (tertiary alicyclic amines) is 1. The fourth-order valence-corrected chi connectivity index (χ4v) is 3.62. The van der Waals surface area contributed by atoms with Gasteiger partial charge in [-0.25, -0.2) is 0 Å². The lowest BCUT2D eigenvalue weighted by Crippen LogP contribution is -2.31. The van der Waals surface area contributed by atoms with Gasteiger partial charge in [0.2, 0.25) is 0 Å². The Bertz CT molecular complexity index is 966. The number of unbranched alkanes of at least 4 members (excludes halogenated alkanes) is 1. The summed E-state index contributed by atoms with van der Waals surface area (Å²) in [5.74, 6) is -0.759. The molecule has 30 heavy (non-hydrogen) atoms. The first-order chi connectivity index (χ1) is 14.3. The smallest absolute Gasteiger partial charge is 0.295 e. The van der Waals surface area contributed by atoms with Crippen molar-refractivity contribution in [1.29, 1.82) is 0 Å². The molecule has 158 valence electrons. The molecule has 6 heteroatoms. The van der Waals surface area contributed by atoms with Crippen LogP contribution in [0.25, 0.3) is 5.76 Å². The van der Waals surface area contributed by atoms with E-state index in [4.69, 9.17) is 4.74 Å². The second-order valence-electron chi connectivity index (χ2n) is 7.75. The van der Waals surface area contributed by atoms with Crippen LogP contribution in [0.15, 0.2) is 48.2 Å². The van der Waals surface area contributed by atoms with Gasteiger partial charge in [-0.05, 0) is 63.1 Å². The van der Waals surface area contributed by atoms with Gasteiger partial charge in [0.25, 0.3) is 11.7 Å². The number of benzene rings is 1. The number of carbonyl (C=O) groups excluding carboxylic acids is 2. The molecule has 2 heterocycles. The van der Waals surface area contributed by atoms with E-state index in [0.717, 1.165) is 18.4 Å². The third kappa shape index (κ3) is 4.22. The molecule has 1 aliphatic rings. The van der Waals surface area contributed by atoms with E-state index >= 15 is 0 Å². The average molecular weight is 408 g/mol. The minimum Gasteiger partial charge on any atom is -0.507 e. The lowest BCUT2D eigenvalue weighted by atomic mass is 9.97. The summed E-state index contributed by atoms with van der Waals surface area (Å²) in [7, 11) is 0. The van der Waals surface area contributed by atoms with E-state index in [-0.39, 0.29) is 17.4 Å². The number of pyridine rings is 1. The summed E-state index contributed by atoms with van der Waals surface area (Å²) in [5, 5.41) is 11.1. The molecule has 1 aromatic carbocycles. The number of aromatic nitrogens is 1. The summed E-state index contributed by atoms with van der Waals surface area (Å²) < 4.78 is 5.76. The van der Waals surface area contributed by atoms with Crippen LogP contribution in [0.3, 0.4) is 0 Å². The highest BCUT2D eigenvalue weighted by atomic mass is 16.5. The van der Waals surface area contributed by atoms with Crippen molar-refractivity contribution < 1.29 is 19.4 Å². The second kappa shape index (κ2) is 9.11. The zero-order chi connectivity index (χ0) is 21.8. The highest BCUT2D eigenvalue weighted by Gasteiger charge is 2.46. The van der Waals surface area contributed by atoms with Gasteiger partial charge >= 0.3 is 0 Å². The van der Waals surface area contributed by atoms with Crippen LogP contribution < -0.4 is 4.74 Å². The Labute approximate surface area is 177 Å². The van der Waals surface area contributed by atoms with Gasteiger partial charge < -0.3 is 14.7 Å². The average Bonchev–Trinajstić information content (AvgIpc) is 2.98. The first-order valence-corrected chi connectivity index (χ1v) is 10.3. The van der Waals surface area contributed by atoms with E-state index in [1.807, 2.05) is 33.8 Å². The molecule has 3 rings (SSSR count). The van der Waals surface area contributed by atoms with E-state index in [0.29, 0.717) is 23.6 Å². The summed E-state index contributed by atoms with van der Waals surface area (Å²) in [6, 6.07) is 9.89. The molecule has 1 unspecified atom stereocenters. The van der Waals surface area contributed by atoms with Crippen molar-refractivity contribution >= 4 is 17.4 Å². The minimum absolute atomic E-state index is 0.0243. The third-order valence-corrected chi connectivity index (χ3v) is 5.07. The number of carbonyl (C=O) groups is 2. The van der Waals surface area contributed by atoms with Crippen LogP contribution in [-0.2, 0) is 9.59 Å². The van der Waals surface area contributed by atoms with Crippen molar-refractivity contribution in [3.8, 4) is 5.75 Å². The van der Waals surface area contributed by atoms with Crippen molar-refractivity contribution in [3.63, 3.8) is 0 Å². The monoisotopic (exact) mass is 408 g/mol. The van der Waals surface area contributed by atoms with E-state index in [2.05, 4.69) is 4.98 Å². The van der Waals surface area contributed by atoms with Crippen LogP contribution in [0.5, 0.6) is 5.75 Å². The van der Waals surface area contributed by atoms with Crippen molar-refractivity contribution in [2.24, 2.45) is 0 Å². The minimum atomic E-state index is -0.704. The molecule has 0 radical (unpaired) electrons. The maximum atomic E-state index is 12.9. The number of aryl methyl sites for hydroxylation is 1. The Morgan fingerprint density at radius 2 is 2.00 bits per heavy atom. The summed E-state index contributed by atoms with van der Waals surface area (Å²) in [4.78, 5) is 31.6. The van der Waals surface area contributed by atoms with Gasteiger partial charge in [0.1, 0.15) is 17.6 Å². The normalized spacial score (nSPS) is 18.3. The molecule has 1 fully saturated rings. The van der Waals surface area contributed by atoms with Gasteiger partial charge in [0.05, 0.1) is 17.4 Å². The highest BCUT2D eigenvalue weighted by molar-refractivity contribution is 6.46. The molecule has 2 aromatic rings. The van der Waals surface area contributed by atoms with Crippen molar-refractivity contribution in [1.82, 2.24) is 9.88 Å². The van der Waals surface area contributed by atoms with Crippen LogP contribution in [0, 0.1) is 6.92 Å². The number of hydrogen-bond donors (Lipinski definition) is 1. The van der Waals surface area contributed by atoms with Crippen LogP contribution >= 0.6 is 0 Å². The van der Waals surface area contributed by atoms with Crippen LogP contribution in [0.4, 0.5) is 0 Å². The molecule has 1 aromatic heterocycles. The number of Topliss-reactive ketones (excluding diaryl/α,β-unsaturated/α-hetero) is 1. The van der Waals surface area contributed by atoms with Crippen LogP contribution in [-0.4, -0.2) is 39.3 Å². The van der Waals surface area contributed by atoms with Crippen LogP contribution in [0.1, 0.15) is 56.5 Å². The predicted molar refractivity (Wildman–Crippen MR) is 115 cm³/mol. The van der Waals surface area contributed by atoms with Crippen molar-refractivity contribution in [3.05, 3.63) is 65.0 Å². The molecular weight excluding hydrogens is 380 g/mol. The number of aliphatic hydroxyl groups excluding tert-OH is 1. The molecule has 1 atom stereocenters. The van der Waals surface area contributed by atoms with Gasteiger partial charge in [-0.2, -0.15) is 0 Å². The first kappa shape index (κ1) is 21.6. The number of aliphatic hydroxyl groups is 1. The number of ether oxygens (including phenoxy) is 1. The van der Waals surface area contributed by atoms with Crippen molar-refractivity contribution in [2.75, 3.05) is 6.54 Å². The second-order valence-corrected chi connectivity index (χ2v) is 7.75. The lowest BCUT2D eigenvalue weighted by Gasteiger charge is -2.24. The summed E-state index contributed by atoms with van der Waals surface area (Å²) in [6.45, 7) is 8.22. The van der Waals surface area contributed by atoms with Gasteiger partial charge in [-0.15, -0.1) is 0 Å². The zero-order valence-electron chi connectivity index (χ0n) is 17.9. The third-order valence-electron chi connectivity index (χ3n) is 5.07. The standard InChI is InChI=1S/C24H28N2O4/c1-5-6-13-26-21(18-9-7-8-12-25-18)20(23(28)24(26)29)22(27)17-10-11-19(16(4)14-17)30-15(2)3/h7-12,14-15,21,27H,5-6,13H2,1-4H3/b22-20-. The zero-order valence-corrected chi connectivity index (χ0v) is 17.9. The molecule has 0 spiro atoms.